The van der Waals surface area contributed by atoms with Crippen LogP contribution in [0.15, 0.2) is 36.5 Å². The van der Waals surface area contributed by atoms with E-state index in [9.17, 15) is 4.79 Å². The van der Waals surface area contributed by atoms with Crippen molar-refractivity contribution in [2.75, 3.05) is 5.32 Å². The number of benzene rings is 1. The molecule has 0 saturated heterocycles. The van der Waals surface area contributed by atoms with Gasteiger partial charge < -0.3 is 5.32 Å². The summed E-state index contributed by atoms with van der Waals surface area (Å²) in [6.45, 7) is 5.91. The molecular weight excluding hydrogens is 238 g/mol. The predicted octanol–water partition coefficient (Wildman–Crippen LogP) is 3.09. The molecule has 0 bridgehead atoms. The molecule has 2 aromatic rings. The topological polar surface area (TPSA) is 46.9 Å². The zero-order valence-corrected chi connectivity index (χ0v) is 11.6. The quantitative estimate of drug-likeness (QED) is 0.915. The summed E-state index contributed by atoms with van der Waals surface area (Å²) in [6, 6.07) is 9.77. The summed E-state index contributed by atoms with van der Waals surface area (Å²) in [6.07, 6.45) is 2.32. The van der Waals surface area contributed by atoms with E-state index >= 15 is 0 Å². The molecule has 0 aliphatic rings. The Labute approximate surface area is 113 Å². The van der Waals surface area contributed by atoms with Gasteiger partial charge >= 0.3 is 0 Å². The molecule has 4 nitrogen and oxygen atoms in total. The molecule has 100 valence electrons. The lowest BCUT2D eigenvalue weighted by Crippen LogP contribution is -2.18. The minimum Gasteiger partial charge on any atom is -0.326 e. The van der Waals surface area contributed by atoms with Crippen LogP contribution in [-0.4, -0.2) is 15.7 Å². The molecule has 1 amide bonds. The molecule has 0 fully saturated rings. The van der Waals surface area contributed by atoms with E-state index in [4.69, 9.17) is 0 Å². The van der Waals surface area contributed by atoms with Gasteiger partial charge in [0.25, 0.3) is 0 Å². The summed E-state index contributed by atoms with van der Waals surface area (Å²) in [4.78, 5) is 12.0. The van der Waals surface area contributed by atoms with Crippen molar-refractivity contribution in [2.24, 2.45) is 0 Å². The van der Waals surface area contributed by atoms with Crippen LogP contribution in [0.4, 0.5) is 5.69 Å². The Morgan fingerprint density at radius 1 is 1.32 bits per heavy atom. The Hall–Kier alpha value is -2.10. The maximum absolute atomic E-state index is 12.0. The van der Waals surface area contributed by atoms with E-state index in [1.165, 1.54) is 0 Å². The Balaban J connectivity index is 1.96. The fourth-order valence-corrected chi connectivity index (χ4v) is 1.95. The summed E-state index contributed by atoms with van der Waals surface area (Å²) in [5, 5.41) is 7.26. The summed E-state index contributed by atoms with van der Waals surface area (Å²) >= 11 is 0. The van der Waals surface area contributed by atoms with Crippen LogP contribution in [0.2, 0.25) is 0 Å². The van der Waals surface area contributed by atoms with Gasteiger partial charge in [0.15, 0.2) is 0 Å². The molecule has 0 saturated carbocycles. The second-order valence-corrected chi connectivity index (χ2v) is 4.85. The number of carbonyl (C=O) groups excluding carboxylic acids is 1. The van der Waals surface area contributed by atoms with Crippen molar-refractivity contribution in [1.82, 2.24) is 9.78 Å². The average molecular weight is 257 g/mol. The molecule has 1 N–H and O–H groups in total. The molecule has 0 radical (unpaired) electrons. The van der Waals surface area contributed by atoms with Crippen LogP contribution in [0.3, 0.4) is 0 Å². The number of carbonyl (C=O) groups is 1. The molecule has 19 heavy (non-hydrogen) atoms. The molecule has 0 unspecified atom stereocenters. The van der Waals surface area contributed by atoms with Crippen LogP contribution in [-0.2, 0) is 4.79 Å². The smallest absolute Gasteiger partial charge is 0.226 e. The molecule has 0 aliphatic heterocycles. The number of hydrogen-bond acceptors (Lipinski definition) is 2. The highest BCUT2D eigenvalue weighted by atomic mass is 16.1. The molecule has 1 heterocycles. The largest absolute Gasteiger partial charge is 0.326 e. The molecular formula is C15H19N3O. The van der Waals surface area contributed by atoms with Crippen LogP contribution in [0.5, 0.6) is 0 Å². The third-order valence-corrected chi connectivity index (χ3v) is 3.09. The first kappa shape index (κ1) is 13.3. The molecule has 1 atom stereocenters. The van der Waals surface area contributed by atoms with Gasteiger partial charge in [-0.3, -0.25) is 9.48 Å². The summed E-state index contributed by atoms with van der Waals surface area (Å²) < 4.78 is 1.83. The third-order valence-electron chi connectivity index (χ3n) is 3.09. The lowest BCUT2D eigenvalue weighted by Gasteiger charge is -2.13. The van der Waals surface area contributed by atoms with Crippen molar-refractivity contribution in [2.45, 2.75) is 33.2 Å². The number of nitrogens with zero attached hydrogens (tertiary/aromatic N) is 2. The lowest BCUT2D eigenvalue weighted by atomic mass is 10.2. The number of rotatable bonds is 4. The van der Waals surface area contributed by atoms with Gasteiger partial charge in [-0.25, -0.2) is 0 Å². The normalized spacial score (nSPS) is 12.2. The monoisotopic (exact) mass is 257 g/mol. The van der Waals surface area contributed by atoms with E-state index in [2.05, 4.69) is 10.4 Å². The Morgan fingerprint density at radius 2 is 2.05 bits per heavy atom. The number of anilines is 1. The second kappa shape index (κ2) is 5.69. The van der Waals surface area contributed by atoms with Gasteiger partial charge in [-0.15, -0.1) is 0 Å². The summed E-state index contributed by atoms with van der Waals surface area (Å²) in [5.41, 5.74) is 2.90. The van der Waals surface area contributed by atoms with Crippen LogP contribution in [0, 0.1) is 13.8 Å². The van der Waals surface area contributed by atoms with Gasteiger partial charge in [0.05, 0.1) is 11.7 Å². The van der Waals surface area contributed by atoms with Crippen molar-refractivity contribution in [3.05, 3.63) is 47.8 Å². The zero-order valence-electron chi connectivity index (χ0n) is 11.6. The highest BCUT2D eigenvalue weighted by Gasteiger charge is 2.12. The van der Waals surface area contributed by atoms with Gasteiger partial charge in [0.2, 0.25) is 5.91 Å². The standard InChI is InChI=1S/C15H19N3O/c1-11-6-4-5-7-14(11)16-15(19)10-13(3)18-9-8-12(2)17-18/h4-9,13H,10H2,1-3H3,(H,16,19)/t13-/m0/s1. The Kier molecular flexibility index (Phi) is 4.00. The predicted molar refractivity (Wildman–Crippen MR) is 76.1 cm³/mol. The second-order valence-electron chi connectivity index (χ2n) is 4.85. The molecule has 0 aliphatic carbocycles. The van der Waals surface area contributed by atoms with E-state index in [-0.39, 0.29) is 11.9 Å². The molecule has 1 aromatic carbocycles. The number of hydrogen-bond donors (Lipinski definition) is 1. The fraction of sp³-hybridized carbons (Fsp3) is 0.333. The first-order valence-corrected chi connectivity index (χ1v) is 6.43. The van der Waals surface area contributed by atoms with E-state index < -0.39 is 0 Å². The number of aryl methyl sites for hydroxylation is 2. The van der Waals surface area contributed by atoms with Crippen molar-refractivity contribution >= 4 is 11.6 Å². The SMILES string of the molecule is Cc1ccn([C@@H](C)CC(=O)Nc2ccccc2C)n1. The Bertz CT molecular complexity index is 574. The summed E-state index contributed by atoms with van der Waals surface area (Å²) in [7, 11) is 0. The highest BCUT2D eigenvalue weighted by Crippen LogP contribution is 2.16. The molecule has 1 aromatic heterocycles. The molecule has 4 heteroatoms. The van der Waals surface area contributed by atoms with E-state index in [1.807, 2.05) is 62.0 Å². The zero-order chi connectivity index (χ0) is 13.8. The maximum atomic E-state index is 12.0. The fourth-order valence-electron chi connectivity index (χ4n) is 1.95. The van der Waals surface area contributed by atoms with Gasteiger partial charge in [-0.2, -0.15) is 5.10 Å². The first-order valence-electron chi connectivity index (χ1n) is 6.43. The van der Waals surface area contributed by atoms with Crippen LogP contribution in [0.1, 0.15) is 30.6 Å². The minimum atomic E-state index is 0.00922. The number of amides is 1. The molecule has 2 rings (SSSR count). The maximum Gasteiger partial charge on any atom is 0.226 e. The van der Waals surface area contributed by atoms with Crippen molar-refractivity contribution in [1.29, 1.82) is 0 Å². The first-order chi connectivity index (χ1) is 9.06. The van der Waals surface area contributed by atoms with E-state index in [1.54, 1.807) is 0 Å². The van der Waals surface area contributed by atoms with Crippen molar-refractivity contribution < 1.29 is 4.79 Å². The number of nitrogens with one attached hydrogen (secondary N) is 1. The molecule has 0 spiro atoms. The van der Waals surface area contributed by atoms with E-state index in [0.29, 0.717) is 6.42 Å². The summed E-state index contributed by atoms with van der Waals surface area (Å²) in [5.74, 6) is 0.00922. The van der Waals surface area contributed by atoms with Gasteiger partial charge in [-0.05, 0) is 38.5 Å². The van der Waals surface area contributed by atoms with Crippen LogP contribution >= 0.6 is 0 Å². The lowest BCUT2D eigenvalue weighted by molar-refractivity contribution is -0.116. The van der Waals surface area contributed by atoms with Crippen molar-refractivity contribution in [3.63, 3.8) is 0 Å². The van der Waals surface area contributed by atoms with Crippen LogP contribution < -0.4 is 5.32 Å². The third kappa shape index (κ3) is 3.44. The van der Waals surface area contributed by atoms with Crippen LogP contribution in [0.25, 0.3) is 0 Å². The number of aromatic nitrogens is 2. The van der Waals surface area contributed by atoms with Crippen molar-refractivity contribution in [3.8, 4) is 0 Å². The number of para-hydroxylation sites is 1. The van der Waals surface area contributed by atoms with Gasteiger partial charge in [-0.1, -0.05) is 18.2 Å². The Morgan fingerprint density at radius 3 is 2.68 bits per heavy atom. The minimum absolute atomic E-state index is 0.00922. The highest BCUT2D eigenvalue weighted by molar-refractivity contribution is 5.91. The average Bonchev–Trinajstić information content (AvgIpc) is 2.79. The van der Waals surface area contributed by atoms with Gasteiger partial charge in [0, 0.05) is 18.3 Å². The van der Waals surface area contributed by atoms with E-state index in [0.717, 1.165) is 16.9 Å². The van der Waals surface area contributed by atoms with Gasteiger partial charge in [0.1, 0.15) is 0 Å².